The first-order chi connectivity index (χ1) is 12.7. The molecule has 1 heterocycles. The van der Waals surface area contributed by atoms with Crippen molar-refractivity contribution in [3.8, 4) is 5.69 Å². The standard InChI is InChI=1S/C20H22FN5/c1-15-23-10-11-26(15)19-9-8-17(12-18(19)21)14-25-20(22-2)24-13-16-6-4-3-5-7-16/h3-12H,13-14H2,1-2H3,(H2,22,24,25). The van der Waals surface area contributed by atoms with Crippen LogP contribution < -0.4 is 10.6 Å². The van der Waals surface area contributed by atoms with Crippen LogP contribution in [0.5, 0.6) is 0 Å². The monoisotopic (exact) mass is 351 g/mol. The molecule has 0 radical (unpaired) electrons. The zero-order chi connectivity index (χ0) is 18.4. The van der Waals surface area contributed by atoms with Crippen molar-refractivity contribution in [1.29, 1.82) is 0 Å². The second-order valence-electron chi connectivity index (χ2n) is 5.90. The second-order valence-corrected chi connectivity index (χ2v) is 5.90. The molecule has 0 saturated heterocycles. The van der Waals surface area contributed by atoms with Crippen LogP contribution in [0.2, 0.25) is 0 Å². The van der Waals surface area contributed by atoms with Crippen LogP contribution in [0, 0.1) is 12.7 Å². The molecular formula is C20H22FN5. The number of nitrogens with one attached hydrogen (secondary N) is 2. The number of hydrogen-bond acceptors (Lipinski definition) is 2. The zero-order valence-electron chi connectivity index (χ0n) is 14.9. The first-order valence-electron chi connectivity index (χ1n) is 8.44. The Morgan fingerprint density at radius 1 is 1.08 bits per heavy atom. The van der Waals surface area contributed by atoms with E-state index in [1.165, 1.54) is 11.6 Å². The number of nitrogens with zero attached hydrogens (tertiary/aromatic N) is 3. The molecule has 0 fully saturated rings. The quantitative estimate of drug-likeness (QED) is 0.548. The van der Waals surface area contributed by atoms with Gasteiger partial charge in [0.2, 0.25) is 0 Å². The highest BCUT2D eigenvalue weighted by molar-refractivity contribution is 5.79. The van der Waals surface area contributed by atoms with Crippen molar-refractivity contribution in [2.75, 3.05) is 7.05 Å². The lowest BCUT2D eigenvalue weighted by atomic mass is 10.2. The third-order valence-electron chi connectivity index (χ3n) is 4.08. The molecule has 0 saturated carbocycles. The van der Waals surface area contributed by atoms with Crippen molar-refractivity contribution in [2.45, 2.75) is 20.0 Å². The number of imidazole rings is 1. The van der Waals surface area contributed by atoms with Crippen LogP contribution in [0.15, 0.2) is 65.9 Å². The molecule has 0 spiro atoms. The molecule has 0 aliphatic heterocycles. The van der Waals surface area contributed by atoms with Gasteiger partial charge in [0.15, 0.2) is 5.96 Å². The van der Waals surface area contributed by atoms with E-state index >= 15 is 0 Å². The molecule has 3 aromatic rings. The van der Waals surface area contributed by atoms with Gasteiger partial charge in [0.1, 0.15) is 11.6 Å². The summed E-state index contributed by atoms with van der Waals surface area (Å²) < 4.78 is 16.2. The molecule has 5 nitrogen and oxygen atoms in total. The first-order valence-corrected chi connectivity index (χ1v) is 8.44. The fraction of sp³-hybridized carbons (Fsp3) is 0.200. The van der Waals surface area contributed by atoms with E-state index in [4.69, 9.17) is 0 Å². The fourth-order valence-corrected chi connectivity index (χ4v) is 2.68. The van der Waals surface area contributed by atoms with Crippen molar-refractivity contribution in [2.24, 2.45) is 4.99 Å². The van der Waals surface area contributed by atoms with Gasteiger partial charge in [0, 0.05) is 32.5 Å². The van der Waals surface area contributed by atoms with E-state index in [0.717, 1.165) is 11.4 Å². The minimum atomic E-state index is -0.280. The number of aryl methyl sites for hydroxylation is 1. The van der Waals surface area contributed by atoms with E-state index in [0.29, 0.717) is 24.7 Å². The lowest BCUT2D eigenvalue weighted by Gasteiger charge is -2.13. The number of halogens is 1. The van der Waals surface area contributed by atoms with Gasteiger partial charge >= 0.3 is 0 Å². The molecule has 0 bridgehead atoms. The number of aromatic nitrogens is 2. The summed E-state index contributed by atoms with van der Waals surface area (Å²) in [6.45, 7) is 3.00. The van der Waals surface area contributed by atoms with Gasteiger partial charge in [-0.05, 0) is 30.2 Å². The molecule has 0 aliphatic rings. The van der Waals surface area contributed by atoms with Crippen molar-refractivity contribution < 1.29 is 4.39 Å². The van der Waals surface area contributed by atoms with E-state index in [9.17, 15) is 4.39 Å². The Hall–Kier alpha value is -3.15. The number of benzene rings is 2. The molecule has 134 valence electrons. The van der Waals surface area contributed by atoms with Crippen LogP contribution in [0.3, 0.4) is 0 Å². The summed E-state index contributed by atoms with van der Waals surface area (Å²) in [6, 6.07) is 15.3. The summed E-state index contributed by atoms with van der Waals surface area (Å²) in [5.41, 5.74) is 2.50. The second kappa shape index (κ2) is 8.29. The van der Waals surface area contributed by atoms with Gasteiger partial charge in [-0.15, -0.1) is 0 Å². The predicted molar refractivity (Wildman–Crippen MR) is 102 cm³/mol. The van der Waals surface area contributed by atoms with Gasteiger partial charge in [0.05, 0.1) is 5.69 Å². The van der Waals surface area contributed by atoms with E-state index in [1.807, 2.05) is 43.3 Å². The topological polar surface area (TPSA) is 54.2 Å². The summed E-state index contributed by atoms with van der Waals surface area (Å²) in [7, 11) is 1.71. The molecule has 2 aromatic carbocycles. The maximum Gasteiger partial charge on any atom is 0.191 e. The van der Waals surface area contributed by atoms with Crippen LogP contribution in [-0.2, 0) is 13.1 Å². The normalized spacial score (nSPS) is 11.4. The van der Waals surface area contributed by atoms with Crippen molar-refractivity contribution >= 4 is 5.96 Å². The van der Waals surface area contributed by atoms with Crippen LogP contribution in [-0.4, -0.2) is 22.6 Å². The lowest BCUT2D eigenvalue weighted by molar-refractivity contribution is 0.613. The summed E-state index contributed by atoms with van der Waals surface area (Å²) in [5, 5.41) is 6.45. The Labute approximate surface area is 152 Å². The Morgan fingerprint density at radius 2 is 1.81 bits per heavy atom. The Bertz CT molecular complexity index is 886. The number of aliphatic imine (C=N–C) groups is 1. The molecule has 1 aromatic heterocycles. The van der Waals surface area contributed by atoms with E-state index in [1.54, 1.807) is 30.1 Å². The van der Waals surface area contributed by atoms with E-state index in [-0.39, 0.29) is 5.82 Å². The van der Waals surface area contributed by atoms with Crippen molar-refractivity contribution in [3.05, 3.63) is 83.7 Å². The summed E-state index contributed by atoms with van der Waals surface area (Å²) in [4.78, 5) is 8.33. The van der Waals surface area contributed by atoms with E-state index in [2.05, 4.69) is 20.6 Å². The van der Waals surface area contributed by atoms with Gasteiger partial charge in [-0.25, -0.2) is 9.37 Å². The molecule has 3 rings (SSSR count). The minimum Gasteiger partial charge on any atom is -0.352 e. The lowest BCUT2D eigenvalue weighted by Crippen LogP contribution is -2.36. The van der Waals surface area contributed by atoms with Gasteiger partial charge in [-0.1, -0.05) is 36.4 Å². The highest BCUT2D eigenvalue weighted by atomic mass is 19.1. The van der Waals surface area contributed by atoms with Crippen LogP contribution in [0.4, 0.5) is 4.39 Å². The molecule has 0 amide bonds. The predicted octanol–water partition coefficient (Wildman–Crippen LogP) is 3.19. The largest absolute Gasteiger partial charge is 0.352 e. The molecular weight excluding hydrogens is 329 g/mol. The van der Waals surface area contributed by atoms with Gasteiger partial charge < -0.3 is 15.2 Å². The molecule has 0 aliphatic carbocycles. The first kappa shape index (κ1) is 17.7. The Morgan fingerprint density at radius 3 is 2.42 bits per heavy atom. The molecule has 0 unspecified atom stereocenters. The van der Waals surface area contributed by atoms with Crippen molar-refractivity contribution in [1.82, 2.24) is 20.2 Å². The zero-order valence-corrected chi connectivity index (χ0v) is 14.9. The fourth-order valence-electron chi connectivity index (χ4n) is 2.68. The smallest absolute Gasteiger partial charge is 0.191 e. The van der Waals surface area contributed by atoms with Crippen molar-refractivity contribution in [3.63, 3.8) is 0 Å². The highest BCUT2D eigenvalue weighted by Gasteiger charge is 2.08. The molecule has 2 N–H and O–H groups in total. The maximum absolute atomic E-state index is 14.4. The Balaban J connectivity index is 1.60. The SMILES string of the molecule is CN=C(NCc1ccccc1)NCc1ccc(-n2ccnc2C)c(F)c1. The summed E-state index contributed by atoms with van der Waals surface area (Å²) in [5.74, 6) is 1.14. The summed E-state index contributed by atoms with van der Waals surface area (Å²) >= 11 is 0. The molecule has 6 heteroatoms. The third-order valence-corrected chi connectivity index (χ3v) is 4.08. The number of hydrogen-bond donors (Lipinski definition) is 2. The maximum atomic E-state index is 14.4. The van der Waals surface area contributed by atoms with Crippen LogP contribution in [0.25, 0.3) is 5.69 Å². The third kappa shape index (κ3) is 4.27. The number of rotatable bonds is 5. The Kier molecular flexibility index (Phi) is 5.63. The molecule has 0 atom stereocenters. The average molecular weight is 351 g/mol. The van der Waals surface area contributed by atoms with Gasteiger partial charge in [-0.2, -0.15) is 0 Å². The number of guanidine groups is 1. The van der Waals surface area contributed by atoms with Gasteiger partial charge in [-0.3, -0.25) is 4.99 Å². The van der Waals surface area contributed by atoms with Gasteiger partial charge in [0.25, 0.3) is 0 Å². The van der Waals surface area contributed by atoms with Crippen LogP contribution >= 0.6 is 0 Å². The highest BCUT2D eigenvalue weighted by Crippen LogP contribution is 2.16. The average Bonchev–Trinajstić information content (AvgIpc) is 3.08. The van der Waals surface area contributed by atoms with E-state index < -0.39 is 0 Å². The minimum absolute atomic E-state index is 0.280. The summed E-state index contributed by atoms with van der Waals surface area (Å²) in [6.07, 6.45) is 3.41. The van der Waals surface area contributed by atoms with Crippen LogP contribution in [0.1, 0.15) is 17.0 Å². The molecule has 26 heavy (non-hydrogen) atoms.